The van der Waals surface area contributed by atoms with Gasteiger partial charge in [-0.1, -0.05) is 0 Å². The third-order valence-electron chi connectivity index (χ3n) is 4.60. The summed E-state index contributed by atoms with van der Waals surface area (Å²) in [6, 6.07) is 4.35. The normalized spacial score (nSPS) is 17.6. The number of nitrogen functional groups attached to an aromatic ring is 1. The molecule has 0 spiro atoms. The lowest BCUT2D eigenvalue weighted by Gasteiger charge is -2.32. The molecule has 9 nitrogen and oxygen atoms in total. The molecule has 0 radical (unpaired) electrons. The summed E-state index contributed by atoms with van der Waals surface area (Å²) in [5.74, 6) is 0.429. The van der Waals surface area contributed by atoms with Crippen LogP contribution in [-0.4, -0.2) is 49.8 Å². The molecule has 142 valence electrons. The van der Waals surface area contributed by atoms with E-state index in [9.17, 15) is 0 Å². The lowest BCUT2D eigenvalue weighted by molar-refractivity contribution is 0.222. The van der Waals surface area contributed by atoms with E-state index >= 15 is 0 Å². The number of hydrogen-bond acceptors (Lipinski definition) is 8. The van der Waals surface area contributed by atoms with E-state index in [2.05, 4.69) is 25.0 Å². The molecule has 1 aliphatic heterocycles. The van der Waals surface area contributed by atoms with Crippen LogP contribution in [0.15, 0.2) is 24.7 Å². The molecule has 0 unspecified atom stereocenters. The molecule has 0 aliphatic carbocycles. The van der Waals surface area contributed by atoms with E-state index in [4.69, 9.17) is 16.2 Å². The van der Waals surface area contributed by atoms with Gasteiger partial charge < -0.3 is 21.1 Å². The molecule has 3 aromatic rings. The zero-order valence-corrected chi connectivity index (χ0v) is 15.5. The summed E-state index contributed by atoms with van der Waals surface area (Å²) in [5, 5.41) is 4.41. The van der Waals surface area contributed by atoms with Gasteiger partial charge in [0.1, 0.15) is 11.8 Å². The second-order valence-electron chi connectivity index (χ2n) is 7.06. The molecule has 4 N–H and O–H groups in total. The quantitative estimate of drug-likeness (QED) is 0.710. The molecule has 1 aliphatic rings. The second kappa shape index (κ2) is 6.99. The molecular weight excluding hydrogens is 344 g/mol. The summed E-state index contributed by atoms with van der Waals surface area (Å²) in [4.78, 5) is 15.1. The predicted octanol–water partition coefficient (Wildman–Crippen LogP) is 1.48. The lowest BCUT2D eigenvalue weighted by atomic mass is 10.1. The van der Waals surface area contributed by atoms with Gasteiger partial charge >= 0.3 is 6.01 Å². The molecular formula is C18H24N8O. The van der Waals surface area contributed by atoms with E-state index in [1.165, 1.54) is 6.33 Å². The molecule has 0 amide bonds. The minimum Gasteiger partial charge on any atom is -0.461 e. The first-order valence-corrected chi connectivity index (χ1v) is 9.15. The van der Waals surface area contributed by atoms with Crippen molar-refractivity contribution in [3.63, 3.8) is 0 Å². The van der Waals surface area contributed by atoms with Crippen molar-refractivity contribution >= 4 is 17.0 Å². The average Bonchev–Trinajstić information content (AvgIpc) is 3.02. The van der Waals surface area contributed by atoms with Crippen molar-refractivity contribution in [3.8, 4) is 17.4 Å². The lowest BCUT2D eigenvalue weighted by Crippen LogP contribution is -2.42. The Morgan fingerprint density at radius 3 is 2.93 bits per heavy atom. The smallest absolute Gasteiger partial charge is 0.317 e. The minimum atomic E-state index is -0.00678. The summed E-state index contributed by atoms with van der Waals surface area (Å²) in [6.07, 6.45) is 5.20. The Kier molecular flexibility index (Phi) is 4.53. The van der Waals surface area contributed by atoms with Gasteiger partial charge in [0.25, 0.3) is 0 Å². The molecule has 27 heavy (non-hydrogen) atoms. The molecule has 0 aromatic carbocycles. The van der Waals surface area contributed by atoms with Gasteiger partial charge in [-0.25, -0.2) is 14.5 Å². The SMILES string of the molecule is CC(C)Oc1nccc(-c2cc(N3CCC[C@@H](N)C3)c3c(N)ncnn23)n1. The Bertz CT molecular complexity index is 954. The minimum absolute atomic E-state index is 0.00678. The van der Waals surface area contributed by atoms with Gasteiger partial charge in [-0.3, -0.25) is 0 Å². The van der Waals surface area contributed by atoms with Crippen LogP contribution in [0.1, 0.15) is 26.7 Å². The van der Waals surface area contributed by atoms with Crippen molar-refractivity contribution in [2.45, 2.75) is 38.8 Å². The van der Waals surface area contributed by atoms with Gasteiger partial charge in [-0.05, 0) is 38.8 Å². The Morgan fingerprint density at radius 2 is 2.15 bits per heavy atom. The number of nitrogens with two attached hydrogens (primary N) is 2. The van der Waals surface area contributed by atoms with Crippen molar-refractivity contribution in [1.29, 1.82) is 0 Å². The maximum Gasteiger partial charge on any atom is 0.317 e. The summed E-state index contributed by atoms with van der Waals surface area (Å²) >= 11 is 0. The molecule has 0 bridgehead atoms. The summed E-state index contributed by atoms with van der Waals surface area (Å²) in [5.41, 5.74) is 15.6. The third-order valence-corrected chi connectivity index (χ3v) is 4.60. The first kappa shape index (κ1) is 17.5. The molecule has 1 fully saturated rings. The van der Waals surface area contributed by atoms with Gasteiger partial charge in [-0.2, -0.15) is 10.1 Å². The number of aromatic nitrogens is 5. The zero-order chi connectivity index (χ0) is 19.0. The van der Waals surface area contributed by atoms with Gasteiger partial charge in [0.05, 0.1) is 23.2 Å². The van der Waals surface area contributed by atoms with E-state index in [0.29, 0.717) is 17.5 Å². The highest BCUT2D eigenvalue weighted by molar-refractivity contribution is 5.88. The van der Waals surface area contributed by atoms with E-state index in [0.717, 1.165) is 42.8 Å². The molecule has 4 rings (SSSR count). The number of ether oxygens (including phenoxy) is 1. The molecule has 3 aromatic heterocycles. The highest BCUT2D eigenvalue weighted by atomic mass is 16.5. The van der Waals surface area contributed by atoms with Crippen LogP contribution in [0.3, 0.4) is 0 Å². The maximum absolute atomic E-state index is 6.20. The molecule has 4 heterocycles. The van der Waals surface area contributed by atoms with E-state index in [1.807, 2.05) is 26.0 Å². The van der Waals surface area contributed by atoms with Crippen LogP contribution in [0.4, 0.5) is 11.5 Å². The van der Waals surface area contributed by atoms with E-state index in [-0.39, 0.29) is 12.1 Å². The third kappa shape index (κ3) is 3.37. The fourth-order valence-electron chi connectivity index (χ4n) is 3.45. The summed E-state index contributed by atoms with van der Waals surface area (Å²) in [7, 11) is 0. The van der Waals surface area contributed by atoms with Crippen molar-refractivity contribution in [2.24, 2.45) is 5.73 Å². The van der Waals surface area contributed by atoms with Crippen molar-refractivity contribution in [1.82, 2.24) is 24.6 Å². The largest absolute Gasteiger partial charge is 0.461 e. The molecule has 1 atom stereocenters. The Hall–Kier alpha value is -2.94. The number of nitrogens with zero attached hydrogens (tertiary/aromatic N) is 6. The standard InChI is InChI=1S/C18H24N8O/c1-11(2)27-18-21-6-5-13(24-18)14-8-15(25-7-3-4-12(19)9-25)16-17(20)22-10-23-26(14)16/h5-6,8,10-12H,3-4,7,9,19H2,1-2H3,(H2,20,22,23)/t12-/m1/s1. The van der Waals surface area contributed by atoms with Crippen molar-refractivity contribution < 1.29 is 4.74 Å². The molecule has 9 heteroatoms. The molecule has 0 saturated carbocycles. The van der Waals surface area contributed by atoms with Crippen molar-refractivity contribution in [3.05, 3.63) is 24.7 Å². The van der Waals surface area contributed by atoms with Crippen molar-refractivity contribution in [2.75, 3.05) is 23.7 Å². The molecule has 1 saturated heterocycles. The average molecular weight is 368 g/mol. The second-order valence-corrected chi connectivity index (χ2v) is 7.06. The van der Waals surface area contributed by atoms with Gasteiger partial charge in [-0.15, -0.1) is 0 Å². The maximum atomic E-state index is 6.20. The van der Waals surface area contributed by atoms with Crippen LogP contribution in [0.25, 0.3) is 16.9 Å². The van der Waals surface area contributed by atoms with Crippen LogP contribution in [-0.2, 0) is 0 Å². The van der Waals surface area contributed by atoms with Crippen LogP contribution in [0, 0.1) is 0 Å². The van der Waals surface area contributed by atoms with Crippen LogP contribution >= 0.6 is 0 Å². The van der Waals surface area contributed by atoms with Gasteiger partial charge in [0, 0.05) is 25.3 Å². The number of anilines is 2. The van der Waals surface area contributed by atoms with Crippen LogP contribution < -0.4 is 21.1 Å². The predicted molar refractivity (Wildman–Crippen MR) is 104 cm³/mol. The fourth-order valence-corrected chi connectivity index (χ4v) is 3.45. The zero-order valence-electron chi connectivity index (χ0n) is 15.5. The first-order valence-electron chi connectivity index (χ1n) is 9.15. The highest BCUT2D eigenvalue weighted by Gasteiger charge is 2.24. The topological polar surface area (TPSA) is 120 Å². The van der Waals surface area contributed by atoms with E-state index in [1.54, 1.807) is 10.7 Å². The monoisotopic (exact) mass is 368 g/mol. The summed E-state index contributed by atoms with van der Waals surface area (Å²) in [6.45, 7) is 5.58. The van der Waals surface area contributed by atoms with E-state index < -0.39 is 0 Å². The van der Waals surface area contributed by atoms with Crippen LogP contribution in [0.2, 0.25) is 0 Å². The number of rotatable bonds is 4. The van der Waals surface area contributed by atoms with Crippen LogP contribution in [0.5, 0.6) is 6.01 Å². The Morgan fingerprint density at radius 1 is 1.30 bits per heavy atom. The number of hydrogen-bond donors (Lipinski definition) is 2. The van der Waals surface area contributed by atoms with Gasteiger partial charge in [0.2, 0.25) is 0 Å². The highest BCUT2D eigenvalue weighted by Crippen LogP contribution is 2.34. The Labute approximate surface area is 157 Å². The number of piperidine rings is 1. The van der Waals surface area contributed by atoms with Gasteiger partial charge in [0.15, 0.2) is 5.82 Å². The summed E-state index contributed by atoms with van der Waals surface area (Å²) < 4.78 is 7.41. The number of fused-ring (bicyclic) bond motifs is 1. The first-order chi connectivity index (χ1) is 13.0. The fraction of sp³-hybridized carbons (Fsp3) is 0.444. The Balaban J connectivity index is 1.83.